The highest BCUT2D eigenvalue weighted by atomic mass is 16.3. The van der Waals surface area contributed by atoms with E-state index in [1.165, 1.54) is 0 Å². The molecule has 0 amide bonds. The van der Waals surface area contributed by atoms with Gasteiger partial charge in [0, 0.05) is 6.42 Å². The molecule has 1 aromatic heterocycles. The Kier molecular flexibility index (Phi) is 2.14. The first-order valence-electron chi connectivity index (χ1n) is 3.37. The van der Waals surface area contributed by atoms with Crippen LogP contribution in [0.3, 0.4) is 0 Å². The number of hydrogen-bond acceptors (Lipinski definition) is 5. The van der Waals surface area contributed by atoms with E-state index in [1.807, 2.05) is 0 Å². The van der Waals surface area contributed by atoms with Crippen LogP contribution in [0.25, 0.3) is 0 Å². The summed E-state index contributed by atoms with van der Waals surface area (Å²) >= 11 is 0. The fourth-order valence-corrected chi connectivity index (χ4v) is 0.819. The van der Waals surface area contributed by atoms with E-state index < -0.39 is 0 Å². The minimum atomic E-state index is -0.121. The zero-order valence-corrected chi connectivity index (χ0v) is 6.49. The van der Waals surface area contributed by atoms with Gasteiger partial charge in [0.2, 0.25) is 5.95 Å². The van der Waals surface area contributed by atoms with Crippen molar-refractivity contribution in [3.8, 4) is 5.75 Å². The number of aromatic nitrogens is 2. The number of nitrogen functional groups attached to an aromatic ring is 2. The summed E-state index contributed by atoms with van der Waals surface area (Å²) in [6.07, 6.45) is 2.02. The SMILES string of the molecule is C=CCc1nc(N)nc(N)c1O. The first-order valence-corrected chi connectivity index (χ1v) is 3.37. The van der Waals surface area contributed by atoms with E-state index in [2.05, 4.69) is 16.5 Å². The topological polar surface area (TPSA) is 98.0 Å². The lowest BCUT2D eigenvalue weighted by molar-refractivity contribution is 0.466. The minimum Gasteiger partial charge on any atom is -0.503 e. The predicted octanol–water partition coefficient (Wildman–Crippen LogP) is 0.0751. The van der Waals surface area contributed by atoms with Gasteiger partial charge in [-0.1, -0.05) is 6.08 Å². The van der Waals surface area contributed by atoms with E-state index in [-0.39, 0.29) is 17.5 Å². The molecule has 0 unspecified atom stereocenters. The van der Waals surface area contributed by atoms with Gasteiger partial charge in [-0.15, -0.1) is 6.58 Å². The van der Waals surface area contributed by atoms with Crippen LogP contribution < -0.4 is 11.5 Å². The fraction of sp³-hybridized carbons (Fsp3) is 0.143. The molecular weight excluding hydrogens is 156 g/mol. The summed E-state index contributed by atoms with van der Waals surface area (Å²) in [5.41, 5.74) is 11.0. The lowest BCUT2D eigenvalue weighted by atomic mass is 10.2. The molecule has 5 heteroatoms. The van der Waals surface area contributed by atoms with E-state index in [9.17, 15) is 5.11 Å². The highest BCUT2D eigenvalue weighted by Crippen LogP contribution is 2.22. The van der Waals surface area contributed by atoms with Gasteiger partial charge >= 0.3 is 0 Å². The molecule has 12 heavy (non-hydrogen) atoms. The van der Waals surface area contributed by atoms with Crippen molar-refractivity contribution >= 4 is 11.8 Å². The quantitative estimate of drug-likeness (QED) is 0.540. The summed E-state index contributed by atoms with van der Waals surface area (Å²) in [6.45, 7) is 3.50. The van der Waals surface area contributed by atoms with Crippen LogP contribution in [0, 0.1) is 0 Å². The fourth-order valence-electron chi connectivity index (χ4n) is 0.819. The zero-order chi connectivity index (χ0) is 9.14. The zero-order valence-electron chi connectivity index (χ0n) is 6.49. The van der Waals surface area contributed by atoms with Gasteiger partial charge in [-0.2, -0.15) is 4.98 Å². The Morgan fingerprint density at radius 3 is 2.67 bits per heavy atom. The van der Waals surface area contributed by atoms with Crippen molar-refractivity contribution in [3.05, 3.63) is 18.3 Å². The third kappa shape index (κ3) is 1.45. The molecule has 1 aromatic rings. The second kappa shape index (κ2) is 3.08. The second-order valence-corrected chi connectivity index (χ2v) is 2.26. The van der Waals surface area contributed by atoms with Crippen molar-refractivity contribution in [1.29, 1.82) is 0 Å². The molecule has 0 aliphatic carbocycles. The summed E-state index contributed by atoms with van der Waals surface area (Å²) in [6, 6.07) is 0. The van der Waals surface area contributed by atoms with Gasteiger partial charge in [0.15, 0.2) is 11.6 Å². The third-order valence-electron chi connectivity index (χ3n) is 1.34. The van der Waals surface area contributed by atoms with E-state index in [4.69, 9.17) is 11.5 Å². The summed E-state index contributed by atoms with van der Waals surface area (Å²) in [7, 11) is 0. The Hall–Kier alpha value is -1.78. The first kappa shape index (κ1) is 8.32. The lowest BCUT2D eigenvalue weighted by Crippen LogP contribution is -2.03. The average molecular weight is 166 g/mol. The highest BCUT2D eigenvalue weighted by molar-refractivity contribution is 5.50. The van der Waals surface area contributed by atoms with Gasteiger partial charge in [-0.05, 0) is 0 Å². The standard InChI is InChI=1S/C7H10N4O/c1-2-3-4-5(12)6(8)11-7(9)10-4/h2,12H,1,3H2,(H4,8,9,10,11). The first-order chi connectivity index (χ1) is 5.65. The Labute approximate surface area is 69.7 Å². The van der Waals surface area contributed by atoms with Crippen molar-refractivity contribution in [3.63, 3.8) is 0 Å². The average Bonchev–Trinajstić information content (AvgIpc) is 2.00. The van der Waals surface area contributed by atoms with Crippen molar-refractivity contribution in [1.82, 2.24) is 9.97 Å². The molecule has 0 saturated carbocycles. The van der Waals surface area contributed by atoms with Crippen molar-refractivity contribution in [2.45, 2.75) is 6.42 Å². The van der Waals surface area contributed by atoms with Crippen LogP contribution in [0.5, 0.6) is 5.75 Å². The van der Waals surface area contributed by atoms with Gasteiger partial charge < -0.3 is 16.6 Å². The number of nitrogens with two attached hydrogens (primary N) is 2. The van der Waals surface area contributed by atoms with Gasteiger partial charge in [0.25, 0.3) is 0 Å². The molecule has 0 aromatic carbocycles. The van der Waals surface area contributed by atoms with E-state index in [0.717, 1.165) is 0 Å². The number of rotatable bonds is 2. The minimum absolute atomic E-state index is 0.000602. The van der Waals surface area contributed by atoms with Crippen molar-refractivity contribution in [2.24, 2.45) is 0 Å². The molecule has 5 N–H and O–H groups in total. The maximum Gasteiger partial charge on any atom is 0.222 e. The smallest absolute Gasteiger partial charge is 0.222 e. The summed E-state index contributed by atoms with van der Waals surface area (Å²) < 4.78 is 0. The molecule has 0 bridgehead atoms. The van der Waals surface area contributed by atoms with Crippen LogP contribution in [0.4, 0.5) is 11.8 Å². The third-order valence-corrected chi connectivity index (χ3v) is 1.34. The Balaban J connectivity index is 3.17. The van der Waals surface area contributed by atoms with Crippen LogP contribution >= 0.6 is 0 Å². The second-order valence-electron chi connectivity index (χ2n) is 2.26. The van der Waals surface area contributed by atoms with Crippen LogP contribution in [-0.2, 0) is 6.42 Å². The van der Waals surface area contributed by atoms with E-state index in [1.54, 1.807) is 6.08 Å². The molecule has 0 radical (unpaired) electrons. The summed E-state index contributed by atoms with van der Waals surface area (Å²) in [5, 5.41) is 9.30. The number of aromatic hydroxyl groups is 1. The maximum atomic E-state index is 9.30. The molecule has 5 nitrogen and oxygen atoms in total. The number of anilines is 2. The van der Waals surface area contributed by atoms with E-state index in [0.29, 0.717) is 12.1 Å². The van der Waals surface area contributed by atoms with E-state index >= 15 is 0 Å². The Bertz CT molecular complexity index is 311. The number of hydrogen-bond donors (Lipinski definition) is 3. The molecule has 1 rings (SSSR count). The van der Waals surface area contributed by atoms with Crippen LogP contribution in [0.1, 0.15) is 5.69 Å². The summed E-state index contributed by atoms with van der Waals surface area (Å²) in [4.78, 5) is 7.36. The van der Waals surface area contributed by atoms with Gasteiger partial charge in [0.05, 0.1) is 5.69 Å². The van der Waals surface area contributed by atoms with Crippen LogP contribution in [0.2, 0.25) is 0 Å². The monoisotopic (exact) mass is 166 g/mol. The van der Waals surface area contributed by atoms with Crippen LogP contribution in [-0.4, -0.2) is 15.1 Å². The molecule has 0 saturated heterocycles. The Morgan fingerprint density at radius 1 is 1.42 bits per heavy atom. The van der Waals surface area contributed by atoms with Crippen LogP contribution in [0.15, 0.2) is 12.7 Å². The molecule has 0 aliphatic heterocycles. The maximum absolute atomic E-state index is 9.30. The molecule has 0 atom stereocenters. The van der Waals surface area contributed by atoms with Gasteiger partial charge in [0.1, 0.15) is 0 Å². The normalized spacial score (nSPS) is 9.67. The largest absolute Gasteiger partial charge is 0.503 e. The van der Waals surface area contributed by atoms with Gasteiger partial charge in [-0.3, -0.25) is 0 Å². The Morgan fingerprint density at radius 2 is 2.08 bits per heavy atom. The molecule has 0 fully saturated rings. The molecular formula is C7H10N4O. The highest BCUT2D eigenvalue weighted by Gasteiger charge is 2.07. The number of nitrogens with zero attached hydrogens (tertiary/aromatic N) is 2. The van der Waals surface area contributed by atoms with Crippen molar-refractivity contribution < 1.29 is 5.11 Å². The lowest BCUT2D eigenvalue weighted by Gasteiger charge is -2.03. The number of allylic oxidation sites excluding steroid dienone is 1. The summed E-state index contributed by atoms with van der Waals surface area (Å²) in [5.74, 6) is -0.0643. The molecule has 1 heterocycles. The molecule has 64 valence electrons. The predicted molar refractivity (Wildman–Crippen MR) is 46.4 cm³/mol. The van der Waals surface area contributed by atoms with Crippen molar-refractivity contribution in [2.75, 3.05) is 11.5 Å². The molecule has 0 aliphatic rings. The van der Waals surface area contributed by atoms with Gasteiger partial charge in [-0.25, -0.2) is 4.98 Å². The molecule has 0 spiro atoms.